The molecular formula is C13H20N4OS. The van der Waals surface area contributed by atoms with Gasteiger partial charge in [0, 0.05) is 32.7 Å². The maximum atomic E-state index is 12.2. The summed E-state index contributed by atoms with van der Waals surface area (Å²) in [5, 5.41) is 0.465. The predicted molar refractivity (Wildman–Crippen MR) is 76.2 cm³/mol. The average Bonchev–Trinajstić information content (AvgIpc) is 2.80. The maximum absolute atomic E-state index is 12.2. The van der Waals surface area contributed by atoms with Crippen LogP contribution < -0.4 is 5.73 Å². The van der Waals surface area contributed by atoms with Crippen LogP contribution in [0, 0.1) is 5.92 Å². The summed E-state index contributed by atoms with van der Waals surface area (Å²) in [6.45, 7) is 4.86. The molecule has 1 aromatic rings. The summed E-state index contributed by atoms with van der Waals surface area (Å²) in [6, 6.07) is 0. The van der Waals surface area contributed by atoms with E-state index in [0.717, 1.165) is 32.1 Å². The van der Waals surface area contributed by atoms with Gasteiger partial charge in [0.2, 0.25) is 0 Å². The highest BCUT2D eigenvalue weighted by Gasteiger charge is 2.26. The fraction of sp³-hybridized carbons (Fsp3) is 0.692. The molecule has 2 N–H and O–H groups in total. The van der Waals surface area contributed by atoms with Crippen LogP contribution in [0.25, 0.3) is 0 Å². The molecule has 2 heterocycles. The zero-order chi connectivity index (χ0) is 13.2. The van der Waals surface area contributed by atoms with Crippen LogP contribution in [-0.4, -0.2) is 53.4 Å². The molecule has 0 atom stereocenters. The number of thiazole rings is 1. The monoisotopic (exact) mass is 280 g/mol. The molecule has 1 aromatic heterocycles. The Labute approximate surface area is 117 Å². The average molecular weight is 280 g/mol. The number of amides is 1. The number of carbonyl (C=O) groups is 1. The molecule has 19 heavy (non-hydrogen) atoms. The van der Waals surface area contributed by atoms with Gasteiger partial charge in [0.15, 0.2) is 5.13 Å². The van der Waals surface area contributed by atoms with Gasteiger partial charge in [0.1, 0.15) is 4.88 Å². The molecule has 2 fully saturated rings. The van der Waals surface area contributed by atoms with Crippen molar-refractivity contribution in [3.63, 3.8) is 0 Å². The van der Waals surface area contributed by atoms with Gasteiger partial charge < -0.3 is 10.6 Å². The molecule has 0 aromatic carbocycles. The van der Waals surface area contributed by atoms with Gasteiger partial charge in [-0.3, -0.25) is 9.69 Å². The Morgan fingerprint density at radius 1 is 1.37 bits per heavy atom. The quantitative estimate of drug-likeness (QED) is 0.906. The largest absolute Gasteiger partial charge is 0.375 e. The lowest BCUT2D eigenvalue weighted by Crippen LogP contribution is -2.50. The number of rotatable bonds is 3. The fourth-order valence-corrected chi connectivity index (χ4v) is 3.37. The summed E-state index contributed by atoms with van der Waals surface area (Å²) in [7, 11) is 0. The standard InChI is InChI=1S/C13H20N4OS/c14-13-15-8-11(19-13)12(18)17-6-4-16(5-7-17)9-10-2-1-3-10/h8,10H,1-7,9H2,(H2,14,15). The van der Waals surface area contributed by atoms with E-state index in [2.05, 4.69) is 9.88 Å². The van der Waals surface area contributed by atoms with Crippen LogP contribution in [0.4, 0.5) is 5.13 Å². The summed E-state index contributed by atoms with van der Waals surface area (Å²) in [5.41, 5.74) is 5.57. The molecule has 0 unspecified atom stereocenters. The van der Waals surface area contributed by atoms with Crippen LogP contribution >= 0.6 is 11.3 Å². The molecule has 2 aliphatic rings. The van der Waals surface area contributed by atoms with Gasteiger partial charge in [-0.1, -0.05) is 17.8 Å². The molecule has 104 valence electrons. The molecular weight excluding hydrogens is 260 g/mol. The Morgan fingerprint density at radius 3 is 2.63 bits per heavy atom. The van der Waals surface area contributed by atoms with E-state index < -0.39 is 0 Å². The van der Waals surface area contributed by atoms with Crippen LogP contribution in [0.2, 0.25) is 0 Å². The molecule has 1 saturated carbocycles. The normalized spacial score (nSPS) is 21.4. The van der Waals surface area contributed by atoms with Crippen LogP contribution in [0.3, 0.4) is 0 Å². The van der Waals surface area contributed by atoms with Gasteiger partial charge >= 0.3 is 0 Å². The third-order valence-corrected chi connectivity index (χ3v) is 4.95. The van der Waals surface area contributed by atoms with Crippen molar-refractivity contribution in [3.05, 3.63) is 11.1 Å². The number of carbonyl (C=O) groups excluding carboxylic acids is 1. The van der Waals surface area contributed by atoms with Gasteiger partial charge in [-0.05, 0) is 18.8 Å². The van der Waals surface area contributed by atoms with Crippen molar-refractivity contribution in [1.29, 1.82) is 0 Å². The Kier molecular flexibility index (Phi) is 3.70. The first-order valence-corrected chi connectivity index (χ1v) is 7.77. The Morgan fingerprint density at radius 2 is 2.11 bits per heavy atom. The zero-order valence-corrected chi connectivity index (χ0v) is 11.9. The smallest absolute Gasteiger partial charge is 0.265 e. The Hall–Kier alpha value is -1.14. The van der Waals surface area contributed by atoms with Crippen LogP contribution in [0.5, 0.6) is 0 Å². The Bertz CT molecular complexity index is 449. The van der Waals surface area contributed by atoms with Gasteiger partial charge in [-0.25, -0.2) is 4.98 Å². The first-order valence-electron chi connectivity index (χ1n) is 6.95. The molecule has 6 heteroatoms. The maximum Gasteiger partial charge on any atom is 0.265 e. The minimum Gasteiger partial charge on any atom is -0.375 e. The number of anilines is 1. The van der Waals surface area contributed by atoms with E-state index in [1.165, 1.54) is 37.1 Å². The molecule has 0 spiro atoms. The fourth-order valence-electron chi connectivity index (χ4n) is 2.72. The minimum atomic E-state index is 0.0810. The van der Waals surface area contributed by atoms with Crippen LogP contribution in [-0.2, 0) is 0 Å². The highest BCUT2D eigenvalue weighted by molar-refractivity contribution is 7.17. The summed E-state index contributed by atoms with van der Waals surface area (Å²) in [4.78, 5) is 21.2. The number of nitrogens with two attached hydrogens (primary N) is 1. The summed E-state index contributed by atoms with van der Waals surface area (Å²) >= 11 is 1.28. The van der Waals surface area contributed by atoms with E-state index in [9.17, 15) is 4.79 Å². The lowest BCUT2D eigenvalue weighted by molar-refractivity contribution is 0.0595. The van der Waals surface area contributed by atoms with Crippen molar-refractivity contribution in [1.82, 2.24) is 14.8 Å². The molecule has 1 aliphatic heterocycles. The number of aromatic nitrogens is 1. The van der Waals surface area contributed by atoms with E-state index >= 15 is 0 Å². The van der Waals surface area contributed by atoms with E-state index in [1.54, 1.807) is 6.20 Å². The van der Waals surface area contributed by atoms with Gasteiger partial charge in [-0.2, -0.15) is 0 Å². The Balaban J connectivity index is 1.50. The van der Waals surface area contributed by atoms with E-state index in [0.29, 0.717) is 10.0 Å². The molecule has 1 aliphatic carbocycles. The predicted octanol–water partition coefficient (Wildman–Crippen LogP) is 1.28. The number of hydrogen-bond donors (Lipinski definition) is 1. The van der Waals surface area contributed by atoms with Crippen molar-refractivity contribution in [2.75, 3.05) is 38.5 Å². The van der Waals surface area contributed by atoms with Crippen molar-refractivity contribution in [3.8, 4) is 0 Å². The van der Waals surface area contributed by atoms with E-state index in [4.69, 9.17) is 5.73 Å². The molecule has 1 saturated heterocycles. The van der Waals surface area contributed by atoms with Gasteiger partial charge in [0.05, 0.1) is 6.20 Å². The summed E-state index contributed by atoms with van der Waals surface area (Å²) < 4.78 is 0. The molecule has 5 nitrogen and oxygen atoms in total. The number of piperazine rings is 1. The topological polar surface area (TPSA) is 62.5 Å². The van der Waals surface area contributed by atoms with Gasteiger partial charge in [-0.15, -0.1) is 0 Å². The van der Waals surface area contributed by atoms with Crippen molar-refractivity contribution in [2.45, 2.75) is 19.3 Å². The second-order valence-electron chi connectivity index (χ2n) is 5.45. The van der Waals surface area contributed by atoms with Crippen LogP contribution in [0.15, 0.2) is 6.20 Å². The van der Waals surface area contributed by atoms with Crippen LogP contribution in [0.1, 0.15) is 28.9 Å². The molecule has 0 radical (unpaired) electrons. The molecule has 0 bridgehead atoms. The lowest BCUT2D eigenvalue weighted by Gasteiger charge is -2.38. The minimum absolute atomic E-state index is 0.0810. The second-order valence-corrected chi connectivity index (χ2v) is 6.51. The SMILES string of the molecule is Nc1ncc(C(=O)N2CCN(CC3CCC3)CC2)s1. The van der Waals surface area contributed by atoms with Crippen molar-refractivity contribution >= 4 is 22.4 Å². The molecule has 1 amide bonds. The number of nitrogen functional groups attached to an aromatic ring is 1. The second kappa shape index (κ2) is 5.46. The third-order valence-electron chi connectivity index (χ3n) is 4.14. The van der Waals surface area contributed by atoms with E-state index in [-0.39, 0.29) is 5.91 Å². The summed E-state index contributed by atoms with van der Waals surface area (Å²) in [5.74, 6) is 0.987. The highest BCUT2D eigenvalue weighted by atomic mass is 32.1. The lowest BCUT2D eigenvalue weighted by atomic mass is 9.85. The number of hydrogen-bond acceptors (Lipinski definition) is 5. The van der Waals surface area contributed by atoms with E-state index in [1.807, 2.05) is 4.90 Å². The highest BCUT2D eigenvalue weighted by Crippen LogP contribution is 2.27. The van der Waals surface area contributed by atoms with Crippen molar-refractivity contribution < 1.29 is 4.79 Å². The summed E-state index contributed by atoms with van der Waals surface area (Å²) in [6.07, 6.45) is 5.76. The molecule has 3 rings (SSSR count). The number of nitrogens with zero attached hydrogens (tertiary/aromatic N) is 3. The third kappa shape index (κ3) is 2.90. The first-order chi connectivity index (χ1) is 9.22. The first kappa shape index (κ1) is 12.9. The van der Waals surface area contributed by atoms with Gasteiger partial charge in [0.25, 0.3) is 5.91 Å². The zero-order valence-electron chi connectivity index (χ0n) is 11.0. The van der Waals surface area contributed by atoms with Crippen molar-refractivity contribution in [2.24, 2.45) is 5.92 Å².